The van der Waals surface area contributed by atoms with Crippen LogP contribution >= 0.6 is 0 Å². The predicted octanol–water partition coefficient (Wildman–Crippen LogP) is 7.10. The summed E-state index contributed by atoms with van der Waals surface area (Å²) in [5.41, 5.74) is 3.66. The van der Waals surface area contributed by atoms with Crippen molar-refractivity contribution in [1.82, 2.24) is 24.6 Å². The van der Waals surface area contributed by atoms with E-state index in [0.717, 1.165) is 75.1 Å². The van der Waals surface area contributed by atoms with Crippen molar-refractivity contribution in [2.45, 2.75) is 95.6 Å². The molecule has 1 atom stereocenters. The Morgan fingerprint density at radius 3 is 2.46 bits per heavy atom. The Kier molecular flexibility index (Phi) is 11.2. The standard InChI is InChI=1S/C41H49F2N7O4/c1-25(2)54-35-21-37-45-34(24-50(37)23-32(35)41(53)46-36-9-5-8-33(44-36)39(42)43)27-12-10-26(11-13-27)22-48(3)29-16-18-49(19-17-29)30-7-4-6-28(20-30)31-14-15-38(51)47-40(31)52/h4-9,20-21,23-27,29,31,39H,10-19,22H2,1-3H3,(H,44,46,53)(H,47,51,52)/t26-,27-,31?. The number of halogens is 2. The van der Waals surface area contributed by atoms with Gasteiger partial charge in [0.05, 0.1) is 23.3 Å². The molecule has 286 valence electrons. The number of aromatic nitrogens is 3. The number of piperidine rings is 2. The van der Waals surface area contributed by atoms with E-state index >= 15 is 0 Å². The van der Waals surface area contributed by atoms with Crippen LogP contribution in [0.1, 0.15) is 111 Å². The van der Waals surface area contributed by atoms with Crippen molar-refractivity contribution in [2.75, 3.05) is 36.9 Å². The molecule has 0 spiro atoms. The van der Waals surface area contributed by atoms with E-state index in [0.29, 0.717) is 42.1 Å². The van der Waals surface area contributed by atoms with Crippen LogP contribution in [0.15, 0.2) is 60.9 Å². The average Bonchev–Trinajstić information content (AvgIpc) is 3.58. The van der Waals surface area contributed by atoms with Gasteiger partial charge in [0.15, 0.2) is 0 Å². The molecule has 7 rings (SSSR count). The molecular weight excluding hydrogens is 692 g/mol. The first-order chi connectivity index (χ1) is 26.0. The van der Waals surface area contributed by atoms with Gasteiger partial charge in [0.25, 0.3) is 12.3 Å². The normalized spacial score (nSPS) is 21.3. The van der Waals surface area contributed by atoms with Gasteiger partial charge >= 0.3 is 0 Å². The zero-order valence-corrected chi connectivity index (χ0v) is 31.1. The summed E-state index contributed by atoms with van der Waals surface area (Å²) in [7, 11) is 2.26. The number of hydrogen-bond acceptors (Lipinski definition) is 8. The molecule has 2 N–H and O–H groups in total. The molecular formula is C41H49F2N7O4. The number of nitrogens with zero attached hydrogens (tertiary/aromatic N) is 5. The number of nitrogens with one attached hydrogen (secondary N) is 2. The van der Waals surface area contributed by atoms with Gasteiger partial charge in [0.1, 0.15) is 22.9 Å². The Labute approximate surface area is 314 Å². The minimum Gasteiger partial charge on any atom is -0.490 e. The summed E-state index contributed by atoms with van der Waals surface area (Å²) in [4.78, 5) is 51.3. The third-order valence-electron chi connectivity index (χ3n) is 11.2. The van der Waals surface area contributed by atoms with Gasteiger partial charge in [0.2, 0.25) is 11.8 Å². The number of rotatable bonds is 11. The Balaban J connectivity index is 0.930. The second-order valence-corrected chi connectivity index (χ2v) is 15.3. The molecule has 1 unspecified atom stereocenters. The van der Waals surface area contributed by atoms with Crippen LogP contribution < -0.4 is 20.3 Å². The number of alkyl halides is 2. The second kappa shape index (κ2) is 16.2. The summed E-state index contributed by atoms with van der Waals surface area (Å²) < 4.78 is 34.3. The molecule has 0 radical (unpaired) electrons. The van der Waals surface area contributed by atoms with E-state index in [1.807, 2.05) is 36.6 Å². The molecule has 54 heavy (non-hydrogen) atoms. The molecule has 11 nitrogen and oxygen atoms in total. The van der Waals surface area contributed by atoms with Crippen LogP contribution in [0, 0.1) is 5.92 Å². The van der Waals surface area contributed by atoms with E-state index in [1.165, 1.54) is 18.2 Å². The van der Waals surface area contributed by atoms with Crippen molar-refractivity contribution in [3.63, 3.8) is 0 Å². The third kappa shape index (κ3) is 8.56. The molecule has 0 bridgehead atoms. The van der Waals surface area contributed by atoms with Gasteiger partial charge in [-0.2, -0.15) is 0 Å². The fraction of sp³-hybridized carbons (Fsp3) is 0.488. The molecule has 3 fully saturated rings. The number of ether oxygens (including phenoxy) is 1. The van der Waals surface area contributed by atoms with Crippen molar-refractivity contribution < 1.29 is 27.9 Å². The maximum absolute atomic E-state index is 13.4. The number of imidazole rings is 1. The molecule has 5 heterocycles. The number of imide groups is 1. The molecule has 3 amide bonds. The highest BCUT2D eigenvalue weighted by molar-refractivity contribution is 6.06. The Hall–Kier alpha value is -4.91. The van der Waals surface area contributed by atoms with Gasteiger partial charge in [-0.3, -0.25) is 19.7 Å². The second-order valence-electron chi connectivity index (χ2n) is 15.3. The summed E-state index contributed by atoms with van der Waals surface area (Å²) in [5.74, 6) is 0.183. The molecule has 1 saturated carbocycles. The van der Waals surface area contributed by atoms with Crippen molar-refractivity contribution in [1.29, 1.82) is 0 Å². The molecule has 2 saturated heterocycles. The molecule has 2 aliphatic heterocycles. The Bertz CT molecular complexity index is 1980. The highest BCUT2D eigenvalue weighted by Gasteiger charge is 2.31. The number of amides is 3. The summed E-state index contributed by atoms with van der Waals surface area (Å²) in [5, 5.41) is 5.13. The SMILES string of the molecule is CC(C)Oc1cc2nc([C@H]3CC[C@H](CN(C)C4CCN(c5cccc(C6CCC(=O)NC6=O)c5)CC4)CC3)cn2cc1C(=O)Nc1cccc(C(F)F)n1. The van der Waals surface area contributed by atoms with Crippen LogP contribution in [0.3, 0.4) is 0 Å². The number of anilines is 2. The largest absolute Gasteiger partial charge is 0.490 e. The van der Waals surface area contributed by atoms with E-state index in [1.54, 1.807) is 12.3 Å². The van der Waals surface area contributed by atoms with Crippen molar-refractivity contribution in [3.8, 4) is 5.75 Å². The predicted molar refractivity (Wildman–Crippen MR) is 202 cm³/mol. The van der Waals surface area contributed by atoms with E-state index < -0.39 is 18.0 Å². The van der Waals surface area contributed by atoms with Crippen LogP contribution in [0.5, 0.6) is 5.75 Å². The number of carbonyl (C=O) groups is 3. The molecule has 4 aromatic rings. The van der Waals surface area contributed by atoms with Crippen molar-refractivity contribution >= 4 is 34.9 Å². The lowest BCUT2D eigenvalue weighted by Crippen LogP contribution is -2.45. The molecule has 3 aliphatic rings. The summed E-state index contributed by atoms with van der Waals surface area (Å²) >= 11 is 0. The zero-order chi connectivity index (χ0) is 37.9. The lowest BCUT2D eigenvalue weighted by molar-refractivity contribution is -0.134. The monoisotopic (exact) mass is 741 g/mol. The molecule has 13 heteroatoms. The number of pyridine rings is 2. The lowest BCUT2D eigenvalue weighted by atomic mass is 9.80. The highest BCUT2D eigenvalue weighted by Crippen LogP contribution is 2.37. The lowest BCUT2D eigenvalue weighted by Gasteiger charge is -2.40. The zero-order valence-electron chi connectivity index (χ0n) is 31.1. The van der Waals surface area contributed by atoms with Crippen LogP contribution in [-0.4, -0.2) is 75.8 Å². The van der Waals surface area contributed by atoms with Gasteiger partial charge in [-0.1, -0.05) is 18.2 Å². The van der Waals surface area contributed by atoms with E-state index in [-0.39, 0.29) is 35.2 Å². The van der Waals surface area contributed by atoms with Gasteiger partial charge in [-0.05, 0) is 102 Å². The molecule has 1 aliphatic carbocycles. The smallest absolute Gasteiger partial charge is 0.280 e. The molecule has 1 aromatic carbocycles. The van der Waals surface area contributed by atoms with Gasteiger partial charge in [0, 0.05) is 62.2 Å². The van der Waals surface area contributed by atoms with Crippen LogP contribution in [0.25, 0.3) is 5.65 Å². The van der Waals surface area contributed by atoms with Crippen molar-refractivity contribution in [3.05, 3.63) is 83.4 Å². The topological polar surface area (TPSA) is 121 Å². The van der Waals surface area contributed by atoms with E-state index in [4.69, 9.17) is 9.72 Å². The number of benzene rings is 1. The summed E-state index contributed by atoms with van der Waals surface area (Å²) in [6, 6.07) is 14.7. The van der Waals surface area contributed by atoms with E-state index in [2.05, 4.69) is 44.6 Å². The first kappa shape index (κ1) is 37.4. The summed E-state index contributed by atoms with van der Waals surface area (Å²) in [6.45, 7) is 6.75. The molecule has 3 aromatic heterocycles. The number of hydrogen-bond donors (Lipinski definition) is 2. The Morgan fingerprint density at radius 2 is 1.74 bits per heavy atom. The van der Waals surface area contributed by atoms with Gasteiger partial charge in [-0.15, -0.1) is 0 Å². The van der Waals surface area contributed by atoms with Gasteiger partial charge < -0.3 is 24.3 Å². The number of carbonyl (C=O) groups excluding carboxylic acids is 3. The quantitative estimate of drug-likeness (QED) is 0.156. The fourth-order valence-electron chi connectivity index (χ4n) is 8.29. The van der Waals surface area contributed by atoms with Crippen molar-refractivity contribution in [2.24, 2.45) is 5.92 Å². The van der Waals surface area contributed by atoms with Crippen LogP contribution in [0.4, 0.5) is 20.3 Å². The van der Waals surface area contributed by atoms with Gasteiger partial charge in [-0.25, -0.2) is 18.7 Å². The first-order valence-electron chi connectivity index (χ1n) is 19.1. The third-order valence-corrected chi connectivity index (χ3v) is 11.2. The van der Waals surface area contributed by atoms with Crippen LogP contribution in [0.2, 0.25) is 0 Å². The fourth-order valence-corrected chi connectivity index (χ4v) is 8.29. The maximum Gasteiger partial charge on any atom is 0.280 e. The number of fused-ring (bicyclic) bond motifs is 1. The highest BCUT2D eigenvalue weighted by atomic mass is 19.3. The average molecular weight is 742 g/mol. The minimum absolute atomic E-state index is 0.0434. The first-order valence-corrected chi connectivity index (χ1v) is 19.1. The van der Waals surface area contributed by atoms with Crippen LogP contribution in [-0.2, 0) is 9.59 Å². The Morgan fingerprint density at radius 1 is 0.981 bits per heavy atom. The maximum atomic E-state index is 13.4. The van der Waals surface area contributed by atoms with E-state index in [9.17, 15) is 23.2 Å². The minimum atomic E-state index is -2.74. The summed E-state index contributed by atoms with van der Waals surface area (Å²) in [6.07, 6.45) is 8.16.